The number of carbonyl (C=O) groups excluding carboxylic acids is 2. The number of nitrogens with one attached hydrogen (secondary N) is 2. The summed E-state index contributed by atoms with van der Waals surface area (Å²) in [6.45, 7) is 5.50. The van der Waals surface area contributed by atoms with Gasteiger partial charge in [0.15, 0.2) is 0 Å². The molecule has 0 unspecified atom stereocenters. The Balaban J connectivity index is 3.28. The number of unbranched alkanes of at least 4 members (excludes halogenated alkanes) is 3. The number of amides is 2. The zero-order chi connectivity index (χ0) is 13.6. The fourth-order valence-electron chi connectivity index (χ4n) is 1.59. The van der Waals surface area contributed by atoms with E-state index in [4.69, 9.17) is 0 Å². The van der Waals surface area contributed by atoms with E-state index in [0.29, 0.717) is 25.9 Å². The Morgan fingerprint density at radius 3 is 1.72 bits per heavy atom. The quantitative estimate of drug-likeness (QED) is 0.558. The smallest absolute Gasteiger partial charge is 0.219 e. The fraction of sp³-hybridized carbons (Fsp3) is 0.857. The molecule has 106 valence electrons. The first kappa shape index (κ1) is 16.9. The number of hydrogen-bond donors (Lipinski definition) is 2. The van der Waals surface area contributed by atoms with Crippen molar-refractivity contribution in [2.45, 2.75) is 65.2 Å². The maximum Gasteiger partial charge on any atom is 0.219 e. The van der Waals surface area contributed by atoms with Crippen molar-refractivity contribution in [2.24, 2.45) is 0 Å². The van der Waals surface area contributed by atoms with E-state index in [2.05, 4.69) is 24.5 Å². The summed E-state index contributed by atoms with van der Waals surface area (Å²) >= 11 is 0. The molecule has 0 aromatic rings. The van der Waals surface area contributed by atoms with Gasteiger partial charge in [-0.25, -0.2) is 0 Å². The molecule has 0 saturated heterocycles. The van der Waals surface area contributed by atoms with Crippen molar-refractivity contribution in [3.05, 3.63) is 0 Å². The molecule has 2 amide bonds. The highest BCUT2D eigenvalue weighted by atomic mass is 16.2. The largest absolute Gasteiger partial charge is 0.356 e. The zero-order valence-corrected chi connectivity index (χ0v) is 11.9. The van der Waals surface area contributed by atoms with E-state index >= 15 is 0 Å². The molecule has 2 N–H and O–H groups in total. The maximum absolute atomic E-state index is 11.4. The standard InChI is InChI=1S/C14H28N2O2/c1-3-5-7-10-14(18)16-12-8-11-15-13(17)9-6-4-2/h3-12H2,1-2H3,(H,15,17)(H,16,18). The lowest BCUT2D eigenvalue weighted by molar-refractivity contribution is -0.121. The third kappa shape index (κ3) is 11.4. The van der Waals surface area contributed by atoms with Crippen molar-refractivity contribution in [2.75, 3.05) is 13.1 Å². The molecule has 0 bridgehead atoms. The molecular weight excluding hydrogens is 228 g/mol. The van der Waals surface area contributed by atoms with Crippen LogP contribution in [0.4, 0.5) is 0 Å². The van der Waals surface area contributed by atoms with Crippen LogP contribution in [-0.2, 0) is 9.59 Å². The first-order valence-corrected chi connectivity index (χ1v) is 7.24. The molecule has 0 fully saturated rings. The minimum Gasteiger partial charge on any atom is -0.356 e. The second kappa shape index (κ2) is 12.4. The zero-order valence-electron chi connectivity index (χ0n) is 11.9. The minimum absolute atomic E-state index is 0.117. The third-order valence-corrected chi connectivity index (χ3v) is 2.76. The van der Waals surface area contributed by atoms with E-state index in [-0.39, 0.29) is 11.8 Å². The molecule has 0 radical (unpaired) electrons. The average Bonchev–Trinajstić information content (AvgIpc) is 2.36. The van der Waals surface area contributed by atoms with Crippen molar-refractivity contribution in [3.8, 4) is 0 Å². The SMILES string of the molecule is CCCCCC(=O)NCCCNC(=O)CCCC. The van der Waals surface area contributed by atoms with Gasteiger partial charge in [0.25, 0.3) is 0 Å². The molecule has 0 aromatic heterocycles. The highest BCUT2D eigenvalue weighted by Crippen LogP contribution is 1.98. The summed E-state index contributed by atoms with van der Waals surface area (Å²) in [4.78, 5) is 22.6. The van der Waals surface area contributed by atoms with Gasteiger partial charge in [-0.3, -0.25) is 9.59 Å². The van der Waals surface area contributed by atoms with Gasteiger partial charge in [-0.05, 0) is 19.3 Å². The van der Waals surface area contributed by atoms with Crippen molar-refractivity contribution >= 4 is 11.8 Å². The molecule has 0 heterocycles. The molecule has 18 heavy (non-hydrogen) atoms. The topological polar surface area (TPSA) is 58.2 Å². The van der Waals surface area contributed by atoms with Gasteiger partial charge in [-0.2, -0.15) is 0 Å². The molecule has 0 saturated carbocycles. The van der Waals surface area contributed by atoms with Crippen molar-refractivity contribution in [1.82, 2.24) is 10.6 Å². The van der Waals surface area contributed by atoms with Gasteiger partial charge in [-0.15, -0.1) is 0 Å². The van der Waals surface area contributed by atoms with Gasteiger partial charge >= 0.3 is 0 Å². The van der Waals surface area contributed by atoms with Gasteiger partial charge < -0.3 is 10.6 Å². The highest BCUT2D eigenvalue weighted by molar-refractivity contribution is 5.76. The van der Waals surface area contributed by atoms with Crippen LogP contribution in [0.25, 0.3) is 0 Å². The summed E-state index contributed by atoms with van der Waals surface area (Å²) < 4.78 is 0. The third-order valence-electron chi connectivity index (χ3n) is 2.76. The molecule has 0 aliphatic rings. The lowest BCUT2D eigenvalue weighted by Gasteiger charge is -2.06. The van der Waals surface area contributed by atoms with E-state index in [1.165, 1.54) is 0 Å². The Morgan fingerprint density at radius 2 is 1.22 bits per heavy atom. The summed E-state index contributed by atoms with van der Waals surface area (Å²) in [5.41, 5.74) is 0. The van der Waals surface area contributed by atoms with Crippen LogP contribution in [0.5, 0.6) is 0 Å². The van der Waals surface area contributed by atoms with Gasteiger partial charge in [0, 0.05) is 25.9 Å². The lowest BCUT2D eigenvalue weighted by atomic mass is 10.2. The van der Waals surface area contributed by atoms with Crippen molar-refractivity contribution < 1.29 is 9.59 Å². The average molecular weight is 256 g/mol. The van der Waals surface area contributed by atoms with E-state index in [1.807, 2.05) is 0 Å². The number of carbonyl (C=O) groups is 2. The van der Waals surface area contributed by atoms with Crippen LogP contribution in [0, 0.1) is 0 Å². The van der Waals surface area contributed by atoms with Gasteiger partial charge in [0.2, 0.25) is 11.8 Å². The van der Waals surface area contributed by atoms with Crippen molar-refractivity contribution in [3.63, 3.8) is 0 Å². The predicted octanol–water partition coefficient (Wildman–Crippen LogP) is 2.38. The normalized spacial score (nSPS) is 10.1. The Hall–Kier alpha value is -1.06. The second-order valence-corrected chi connectivity index (χ2v) is 4.61. The summed E-state index contributed by atoms with van der Waals surface area (Å²) in [6.07, 6.45) is 7.24. The number of rotatable bonds is 11. The van der Waals surface area contributed by atoms with Crippen molar-refractivity contribution in [1.29, 1.82) is 0 Å². The molecule has 0 atom stereocenters. The summed E-state index contributed by atoms with van der Waals surface area (Å²) in [5, 5.41) is 5.72. The molecule has 0 rings (SSSR count). The van der Waals surface area contributed by atoms with Crippen LogP contribution in [0.2, 0.25) is 0 Å². The predicted molar refractivity (Wildman–Crippen MR) is 74.3 cm³/mol. The molecule has 0 spiro atoms. The Kier molecular flexibility index (Phi) is 11.7. The fourth-order valence-corrected chi connectivity index (χ4v) is 1.59. The maximum atomic E-state index is 11.4. The number of hydrogen-bond acceptors (Lipinski definition) is 2. The second-order valence-electron chi connectivity index (χ2n) is 4.61. The van der Waals surface area contributed by atoms with Gasteiger partial charge in [0.1, 0.15) is 0 Å². The summed E-state index contributed by atoms with van der Waals surface area (Å²) in [6, 6.07) is 0. The Bertz CT molecular complexity index is 230. The van der Waals surface area contributed by atoms with E-state index in [9.17, 15) is 9.59 Å². The van der Waals surface area contributed by atoms with E-state index < -0.39 is 0 Å². The summed E-state index contributed by atoms with van der Waals surface area (Å²) in [7, 11) is 0. The molecule has 0 aromatic carbocycles. The molecule has 0 aliphatic heterocycles. The summed E-state index contributed by atoms with van der Waals surface area (Å²) in [5.74, 6) is 0.242. The monoisotopic (exact) mass is 256 g/mol. The van der Waals surface area contributed by atoms with Crippen LogP contribution >= 0.6 is 0 Å². The highest BCUT2D eigenvalue weighted by Gasteiger charge is 2.01. The molecule has 4 nitrogen and oxygen atoms in total. The van der Waals surface area contributed by atoms with Crippen LogP contribution in [0.1, 0.15) is 65.2 Å². The first-order chi connectivity index (χ1) is 8.70. The lowest BCUT2D eigenvalue weighted by Crippen LogP contribution is -2.29. The van der Waals surface area contributed by atoms with Gasteiger partial charge in [0.05, 0.1) is 0 Å². The van der Waals surface area contributed by atoms with Crippen LogP contribution in [0.15, 0.2) is 0 Å². The minimum atomic E-state index is 0.117. The Labute approximate surface area is 111 Å². The Morgan fingerprint density at radius 1 is 0.722 bits per heavy atom. The van der Waals surface area contributed by atoms with Crippen LogP contribution < -0.4 is 10.6 Å². The van der Waals surface area contributed by atoms with E-state index in [0.717, 1.165) is 38.5 Å². The van der Waals surface area contributed by atoms with Crippen LogP contribution in [-0.4, -0.2) is 24.9 Å². The van der Waals surface area contributed by atoms with Crippen LogP contribution in [0.3, 0.4) is 0 Å². The molecule has 0 aliphatic carbocycles. The van der Waals surface area contributed by atoms with Gasteiger partial charge in [-0.1, -0.05) is 33.1 Å². The first-order valence-electron chi connectivity index (χ1n) is 7.24. The molecular formula is C14H28N2O2. The van der Waals surface area contributed by atoms with E-state index in [1.54, 1.807) is 0 Å². The molecule has 4 heteroatoms.